The highest BCUT2D eigenvalue weighted by Crippen LogP contribution is 2.21. The third kappa shape index (κ3) is 12.1. The zero-order chi connectivity index (χ0) is 15.5. The Morgan fingerprint density at radius 3 is 1.63 bits per heavy atom. The standard InChI is InChI=1S/C14H30O3Si2/c1-12(16-18(5,6)7)11-13(15-14(2,3)4)17-19(8,9)10/h11H,1H2,2-10H3/b13-11-. The van der Waals surface area contributed by atoms with Gasteiger partial charge in [0.1, 0.15) is 11.4 Å². The first-order valence-corrected chi connectivity index (χ1v) is 13.5. The molecule has 112 valence electrons. The highest BCUT2D eigenvalue weighted by atomic mass is 28.4. The van der Waals surface area contributed by atoms with Crippen molar-refractivity contribution >= 4 is 16.6 Å². The Bertz CT molecular complexity index is 323. The van der Waals surface area contributed by atoms with Gasteiger partial charge in [-0.05, 0) is 60.1 Å². The van der Waals surface area contributed by atoms with Gasteiger partial charge in [0, 0.05) is 0 Å². The second-order valence-electron chi connectivity index (χ2n) is 7.57. The third-order valence-corrected chi connectivity index (χ3v) is 3.22. The monoisotopic (exact) mass is 302 g/mol. The van der Waals surface area contributed by atoms with Crippen LogP contribution in [0.25, 0.3) is 0 Å². The lowest BCUT2D eigenvalue weighted by atomic mass is 10.2. The maximum absolute atomic E-state index is 5.95. The molecule has 0 saturated carbocycles. The second-order valence-corrected chi connectivity index (χ2v) is 16.4. The van der Waals surface area contributed by atoms with Crippen LogP contribution in [0, 0.1) is 0 Å². The van der Waals surface area contributed by atoms with Gasteiger partial charge in [0.25, 0.3) is 5.95 Å². The van der Waals surface area contributed by atoms with Gasteiger partial charge in [-0.1, -0.05) is 6.58 Å². The first-order valence-electron chi connectivity index (χ1n) is 6.66. The molecule has 0 rings (SSSR count). The summed E-state index contributed by atoms with van der Waals surface area (Å²) < 4.78 is 17.6. The average Bonchev–Trinajstić information content (AvgIpc) is 1.90. The molecule has 0 aliphatic rings. The number of hydrogen-bond donors (Lipinski definition) is 0. The fourth-order valence-corrected chi connectivity index (χ4v) is 2.79. The highest BCUT2D eigenvalue weighted by molar-refractivity contribution is 6.70. The first-order chi connectivity index (χ1) is 8.18. The van der Waals surface area contributed by atoms with Crippen molar-refractivity contribution in [3.05, 3.63) is 24.4 Å². The third-order valence-electron chi connectivity index (χ3n) is 1.53. The molecule has 0 aliphatic carbocycles. The molecule has 0 aromatic heterocycles. The Labute approximate surface area is 120 Å². The van der Waals surface area contributed by atoms with Crippen molar-refractivity contribution in [1.82, 2.24) is 0 Å². The van der Waals surface area contributed by atoms with Crippen LogP contribution in [-0.4, -0.2) is 22.2 Å². The summed E-state index contributed by atoms with van der Waals surface area (Å²) in [4.78, 5) is 0. The van der Waals surface area contributed by atoms with Gasteiger partial charge in [-0.2, -0.15) is 0 Å². The normalized spacial score (nSPS) is 14.1. The zero-order valence-corrected chi connectivity index (χ0v) is 16.0. The van der Waals surface area contributed by atoms with Crippen LogP contribution in [0.3, 0.4) is 0 Å². The van der Waals surface area contributed by atoms with E-state index in [1.807, 2.05) is 20.8 Å². The first kappa shape index (κ1) is 18.3. The van der Waals surface area contributed by atoms with E-state index < -0.39 is 16.6 Å². The lowest BCUT2D eigenvalue weighted by Crippen LogP contribution is -2.30. The van der Waals surface area contributed by atoms with Gasteiger partial charge in [-0.3, -0.25) is 0 Å². The summed E-state index contributed by atoms with van der Waals surface area (Å²) in [5, 5.41) is 0. The van der Waals surface area contributed by atoms with Gasteiger partial charge >= 0.3 is 0 Å². The predicted molar refractivity (Wildman–Crippen MR) is 86.9 cm³/mol. The largest absolute Gasteiger partial charge is 0.545 e. The van der Waals surface area contributed by atoms with E-state index in [-0.39, 0.29) is 5.60 Å². The number of allylic oxidation sites excluding steroid dienone is 1. The van der Waals surface area contributed by atoms with E-state index in [4.69, 9.17) is 13.6 Å². The average molecular weight is 303 g/mol. The zero-order valence-electron chi connectivity index (χ0n) is 14.0. The van der Waals surface area contributed by atoms with Crippen molar-refractivity contribution in [1.29, 1.82) is 0 Å². The molecular weight excluding hydrogens is 272 g/mol. The van der Waals surface area contributed by atoms with E-state index in [0.717, 1.165) is 0 Å². The molecule has 0 fully saturated rings. The topological polar surface area (TPSA) is 27.7 Å². The smallest absolute Gasteiger partial charge is 0.269 e. The maximum Gasteiger partial charge on any atom is 0.269 e. The van der Waals surface area contributed by atoms with Gasteiger partial charge in [-0.25, -0.2) is 0 Å². The molecule has 5 heteroatoms. The highest BCUT2D eigenvalue weighted by Gasteiger charge is 2.23. The number of rotatable bonds is 6. The lowest BCUT2D eigenvalue weighted by Gasteiger charge is -2.28. The molecule has 0 bridgehead atoms. The second kappa shape index (κ2) is 6.18. The molecule has 0 heterocycles. The van der Waals surface area contributed by atoms with Gasteiger partial charge in [0.05, 0.1) is 6.08 Å². The number of hydrogen-bond acceptors (Lipinski definition) is 3. The Hall–Kier alpha value is -0.686. The molecule has 0 atom stereocenters. The Kier molecular flexibility index (Phi) is 5.95. The minimum atomic E-state index is -1.72. The maximum atomic E-state index is 5.95. The van der Waals surface area contributed by atoms with Crippen molar-refractivity contribution in [2.45, 2.75) is 65.7 Å². The van der Waals surface area contributed by atoms with E-state index in [0.29, 0.717) is 11.7 Å². The summed E-state index contributed by atoms with van der Waals surface area (Å²) in [5.41, 5.74) is -0.301. The van der Waals surface area contributed by atoms with Crippen LogP contribution >= 0.6 is 0 Å². The molecule has 0 saturated heterocycles. The summed E-state index contributed by atoms with van der Waals surface area (Å²) in [5.74, 6) is 1.12. The van der Waals surface area contributed by atoms with Gasteiger partial charge in [0.15, 0.2) is 0 Å². The van der Waals surface area contributed by atoms with Crippen LogP contribution in [0.1, 0.15) is 20.8 Å². The summed E-state index contributed by atoms with van der Waals surface area (Å²) in [6.45, 7) is 22.6. The SMILES string of the molecule is C=C(/C=C(/OC(C)(C)C)O[Si](C)(C)C)O[Si](C)(C)C. The molecule has 0 N–H and O–H groups in total. The Morgan fingerprint density at radius 1 is 0.895 bits per heavy atom. The molecule has 0 aliphatic heterocycles. The molecule has 0 radical (unpaired) electrons. The molecule has 3 nitrogen and oxygen atoms in total. The van der Waals surface area contributed by atoms with E-state index in [1.165, 1.54) is 0 Å². The Morgan fingerprint density at radius 2 is 1.32 bits per heavy atom. The van der Waals surface area contributed by atoms with Gasteiger partial charge < -0.3 is 13.6 Å². The molecular formula is C14H30O3Si2. The number of ether oxygens (including phenoxy) is 1. The van der Waals surface area contributed by atoms with Crippen LogP contribution in [-0.2, 0) is 13.6 Å². The summed E-state index contributed by atoms with van der Waals surface area (Å²) in [6, 6.07) is 0. The fraction of sp³-hybridized carbons (Fsp3) is 0.714. The van der Waals surface area contributed by atoms with Gasteiger partial charge in [-0.15, -0.1) is 0 Å². The molecule has 19 heavy (non-hydrogen) atoms. The minimum absolute atomic E-state index is 0.301. The van der Waals surface area contributed by atoms with E-state index >= 15 is 0 Å². The Balaban J connectivity index is 4.97. The summed E-state index contributed by atoms with van der Waals surface area (Å²) in [6.07, 6.45) is 1.77. The summed E-state index contributed by atoms with van der Waals surface area (Å²) >= 11 is 0. The van der Waals surface area contributed by atoms with Crippen molar-refractivity contribution in [3.8, 4) is 0 Å². The van der Waals surface area contributed by atoms with Crippen molar-refractivity contribution in [2.75, 3.05) is 0 Å². The van der Waals surface area contributed by atoms with Crippen molar-refractivity contribution in [3.63, 3.8) is 0 Å². The summed E-state index contributed by atoms with van der Waals surface area (Å²) in [7, 11) is -3.37. The van der Waals surface area contributed by atoms with E-state index in [1.54, 1.807) is 6.08 Å². The van der Waals surface area contributed by atoms with E-state index in [2.05, 4.69) is 45.9 Å². The van der Waals surface area contributed by atoms with Crippen LogP contribution in [0.2, 0.25) is 39.3 Å². The van der Waals surface area contributed by atoms with Crippen molar-refractivity contribution < 1.29 is 13.6 Å². The quantitative estimate of drug-likeness (QED) is 0.398. The molecule has 0 aromatic carbocycles. The van der Waals surface area contributed by atoms with Crippen LogP contribution in [0.15, 0.2) is 24.4 Å². The predicted octanol–water partition coefficient (Wildman–Crippen LogP) is 4.86. The van der Waals surface area contributed by atoms with Crippen molar-refractivity contribution in [2.24, 2.45) is 0 Å². The van der Waals surface area contributed by atoms with Crippen LogP contribution in [0.5, 0.6) is 0 Å². The fourth-order valence-electron chi connectivity index (χ4n) is 1.24. The molecule has 0 amide bonds. The lowest BCUT2D eigenvalue weighted by molar-refractivity contribution is -0.00876. The van der Waals surface area contributed by atoms with Crippen LogP contribution < -0.4 is 0 Å². The van der Waals surface area contributed by atoms with E-state index in [9.17, 15) is 0 Å². The molecule has 0 unspecified atom stereocenters. The van der Waals surface area contributed by atoms with Gasteiger partial charge in [0.2, 0.25) is 16.6 Å². The van der Waals surface area contributed by atoms with Crippen LogP contribution in [0.4, 0.5) is 0 Å². The molecule has 0 aromatic rings. The molecule has 0 spiro atoms. The minimum Gasteiger partial charge on any atom is -0.545 e.